The van der Waals surface area contributed by atoms with Gasteiger partial charge in [-0.05, 0) is 66.0 Å². The molecular formula is C28H47N3O4. The van der Waals surface area contributed by atoms with Gasteiger partial charge in [-0.25, -0.2) is 4.79 Å². The van der Waals surface area contributed by atoms with Crippen LogP contribution in [0.25, 0.3) is 0 Å². The smallest absolute Gasteiger partial charge is 0.408 e. The SMILES string of the molecule is CCCCCCCCN(C(=O)CNC(=O)OC(C)(C)C)C(C(=O)NC(C)C)c1ccc(C)cc1C. The summed E-state index contributed by atoms with van der Waals surface area (Å²) in [6.45, 7) is 15.5. The molecule has 0 heterocycles. The summed E-state index contributed by atoms with van der Waals surface area (Å²) >= 11 is 0. The third-order valence-corrected chi connectivity index (χ3v) is 5.57. The summed E-state index contributed by atoms with van der Waals surface area (Å²) in [7, 11) is 0. The van der Waals surface area contributed by atoms with Gasteiger partial charge >= 0.3 is 6.09 Å². The Balaban J connectivity index is 3.19. The molecule has 7 heteroatoms. The summed E-state index contributed by atoms with van der Waals surface area (Å²) in [5.41, 5.74) is 2.18. The summed E-state index contributed by atoms with van der Waals surface area (Å²) in [5, 5.41) is 5.55. The van der Waals surface area contributed by atoms with Crippen molar-refractivity contribution in [3.63, 3.8) is 0 Å². The van der Waals surface area contributed by atoms with Gasteiger partial charge in [0.15, 0.2) is 0 Å². The van der Waals surface area contributed by atoms with Crippen LogP contribution in [0.4, 0.5) is 4.79 Å². The van der Waals surface area contributed by atoms with E-state index in [-0.39, 0.29) is 24.4 Å². The predicted molar refractivity (Wildman–Crippen MR) is 141 cm³/mol. The molecule has 2 N–H and O–H groups in total. The van der Waals surface area contributed by atoms with Crippen molar-refractivity contribution < 1.29 is 19.1 Å². The Hall–Kier alpha value is -2.57. The van der Waals surface area contributed by atoms with E-state index in [0.717, 1.165) is 36.0 Å². The molecule has 3 amide bonds. The summed E-state index contributed by atoms with van der Waals surface area (Å²) in [6.07, 6.45) is 5.75. The van der Waals surface area contributed by atoms with Gasteiger partial charge in [0.2, 0.25) is 11.8 Å². The Bertz CT molecular complexity index is 830. The first-order valence-corrected chi connectivity index (χ1v) is 13.0. The number of nitrogens with zero attached hydrogens (tertiary/aromatic N) is 1. The van der Waals surface area contributed by atoms with Crippen molar-refractivity contribution in [1.82, 2.24) is 15.5 Å². The molecule has 0 spiro atoms. The van der Waals surface area contributed by atoms with E-state index < -0.39 is 17.7 Å². The number of ether oxygens (including phenoxy) is 1. The average Bonchev–Trinajstić information content (AvgIpc) is 2.73. The largest absolute Gasteiger partial charge is 0.444 e. The second kappa shape index (κ2) is 14.7. The summed E-state index contributed by atoms with van der Waals surface area (Å²) in [5.74, 6) is -0.531. The van der Waals surface area contributed by atoms with Crippen molar-refractivity contribution in [1.29, 1.82) is 0 Å². The van der Waals surface area contributed by atoms with Gasteiger partial charge in [-0.1, -0.05) is 62.8 Å². The fourth-order valence-electron chi connectivity index (χ4n) is 3.97. The summed E-state index contributed by atoms with van der Waals surface area (Å²) in [4.78, 5) is 40.6. The lowest BCUT2D eigenvalue weighted by atomic mass is 9.96. The zero-order valence-corrected chi connectivity index (χ0v) is 23.1. The Labute approximate surface area is 212 Å². The van der Waals surface area contributed by atoms with Crippen LogP contribution < -0.4 is 10.6 Å². The molecule has 198 valence electrons. The Morgan fingerprint density at radius 3 is 2.20 bits per heavy atom. The van der Waals surface area contributed by atoms with E-state index in [9.17, 15) is 14.4 Å². The van der Waals surface area contributed by atoms with Gasteiger partial charge < -0.3 is 20.3 Å². The first-order valence-electron chi connectivity index (χ1n) is 13.0. The topological polar surface area (TPSA) is 87.7 Å². The summed E-state index contributed by atoms with van der Waals surface area (Å²) in [6, 6.07) is 5.07. The van der Waals surface area contributed by atoms with E-state index in [4.69, 9.17) is 4.74 Å². The van der Waals surface area contributed by atoms with E-state index >= 15 is 0 Å². The minimum Gasteiger partial charge on any atom is -0.444 e. The molecule has 1 aromatic rings. The molecule has 0 fully saturated rings. The molecule has 0 bridgehead atoms. The molecule has 0 saturated carbocycles. The van der Waals surface area contributed by atoms with Crippen molar-refractivity contribution in [3.05, 3.63) is 34.9 Å². The highest BCUT2D eigenvalue weighted by Crippen LogP contribution is 2.26. The highest BCUT2D eigenvalue weighted by atomic mass is 16.6. The number of nitrogens with one attached hydrogen (secondary N) is 2. The molecule has 1 atom stereocenters. The monoisotopic (exact) mass is 489 g/mol. The fourth-order valence-corrected chi connectivity index (χ4v) is 3.97. The molecule has 1 rings (SSSR count). The predicted octanol–water partition coefficient (Wildman–Crippen LogP) is 5.58. The number of hydrogen-bond donors (Lipinski definition) is 2. The molecule has 0 aliphatic rings. The van der Waals surface area contributed by atoms with Crippen molar-refractivity contribution in [2.24, 2.45) is 0 Å². The first-order chi connectivity index (χ1) is 16.4. The van der Waals surface area contributed by atoms with Crippen LogP contribution >= 0.6 is 0 Å². The highest BCUT2D eigenvalue weighted by Gasteiger charge is 2.32. The number of benzene rings is 1. The molecule has 0 saturated heterocycles. The molecule has 1 unspecified atom stereocenters. The van der Waals surface area contributed by atoms with Crippen molar-refractivity contribution in [2.45, 2.75) is 112 Å². The van der Waals surface area contributed by atoms with Crippen LogP contribution in [0, 0.1) is 13.8 Å². The molecular weight excluding hydrogens is 442 g/mol. The maximum atomic E-state index is 13.4. The minimum atomic E-state index is -0.776. The maximum Gasteiger partial charge on any atom is 0.408 e. The van der Waals surface area contributed by atoms with Gasteiger partial charge in [-0.3, -0.25) is 9.59 Å². The second-order valence-corrected chi connectivity index (χ2v) is 10.6. The Morgan fingerprint density at radius 2 is 1.63 bits per heavy atom. The van der Waals surface area contributed by atoms with Crippen LogP contribution in [0.3, 0.4) is 0 Å². The third kappa shape index (κ3) is 11.6. The number of unbranched alkanes of at least 4 members (excludes halogenated alkanes) is 5. The minimum absolute atomic E-state index is 0.0679. The van der Waals surface area contributed by atoms with Crippen LogP contribution in [-0.4, -0.2) is 47.5 Å². The lowest BCUT2D eigenvalue weighted by Crippen LogP contribution is -2.49. The number of hydrogen-bond acceptors (Lipinski definition) is 4. The van der Waals surface area contributed by atoms with Crippen molar-refractivity contribution >= 4 is 17.9 Å². The molecule has 0 aromatic heterocycles. The van der Waals surface area contributed by atoms with E-state index in [0.29, 0.717) is 6.54 Å². The normalized spacial score (nSPS) is 12.3. The number of alkyl carbamates (subject to hydrolysis) is 1. The molecule has 0 radical (unpaired) electrons. The van der Waals surface area contributed by atoms with Gasteiger partial charge in [0.05, 0.1) is 0 Å². The maximum absolute atomic E-state index is 13.4. The lowest BCUT2D eigenvalue weighted by Gasteiger charge is -2.33. The molecule has 0 aliphatic heterocycles. The Kier molecular flexibility index (Phi) is 12.8. The number of carbonyl (C=O) groups is 3. The zero-order valence-electron chi connectivity index (χ0n) is 23.1. The summed E-state index contributed by atoms with van der Waals surface area (Å²) < 4.78 is 5.28. The third-order valence-electron chi connectivity index (χ3n) is 5.57. The van der Waals surface area contributed by atoms with Crippen LogP contribution in [0.15, 0.2) is 18.2 Å². The van der Waals surface area contributed by atoms with Crippen LogP contribution in [0.5, 0.6) is 0 Å². The van der Waals surface area contributed by atoms with Crippen molar-refractivity contribution in [3.8, 4) is 0 Å². The standard InChI is InChI=1S/C28H47N3O4/c1-9-10-11-12-13-14-17-31(24(32)19-29-27(34)35-28(6,7)8)25(26(33)30-20(2)3)23-16-15-21(4)18-22(23)5/h15-16,18,20,25H,9-14,17,19H2,1-8H3,(H,29,34)(H,30,33). The lowest BCUT2D eigenvalue weighted by molar-refractivity contribution is -0.140. The van der Waals surface area contributed by atoms with Crippen LogP contribution in [0.1, 0.15) is 103 Å². The quantitative estimate of drug-likeness (QED) is 0.354. The number of rotatable bonds is 13. The van der Waals surface area contributed by atoms with Gasteiger partial charge in [0.1, 0.15) is 18.2 Å². The van der Waals surface area contributed by atoms with Gasteiger partial charge in [-0.15, -0.1) is 0 Å². The number of amides is 3. The first kappa shape index (κ1) is 30.5. The molecule has 0 aliphatic carbocycles. The van der Waals surface area contributed by atoms with Crippen LogP contribution in [-0.2, 0) is 14.3 Å². The molecule has 7 nitrogen and oxygen atoms in total. The fraction of sp³-hybridized carbons (Fsp3) is 0.679. The zero-order chi connectivity index (χ0) is 26.6. The molecule has 35 heavy (non-hydrogen) atoms. The van der Waals surface area contributed by atoms with E-state index in [2.05, 4.69) is 17.6 Å². The molecule has 1 aromatic carbocycles. The van der Waals surface area contributed by atoms with E-state index in [1.54, 1.807) is 25.7 Å². The second-order valence-electron chi connectivity index (χ2n) is 10.6. The highest BCUT2D eigenvalue weighted by molar-refractivity contribution is 5.90. The van der Waals surface area contributed by atoms with Gasteiger partial charge in [-0.2, -0.15) is 0 Å². The number of carbonyl (C=O) groups excluding carboxylic acids is 3. The van der Waals surface area contributed by atoms with Crippen LogP contribution in [0.2, 0.25) is 0 Å². The van der Waals surface area contributed by atoms with E-state index in [1.807, 2.05) is 45.9 Å². The number of aryl methyl sites for hydroxylation is 2. The van der Waals surface area contributed by atoms with Gasteiger partial charge in [0.25, 0.3) is 0 Å². The average molecular weight is 490 g/mol. The van der Waals surface area contributed by atoms with Crippen molar-refractivity contribution in [2.75, 3.05) is 13.1 Å². The Morgan fingerprint density at radius 1 is 1.00 bits per heavy atom. The van der Waals surface area contributed by atoms with E-state index in [1.165, 1.54) is 19.3 Å². The van der Waals surface area contributed by atoms with Gasteiger partial charge in [0, 0.05) is 12.6 Å².